The number of aromatic nitrogens is 2. The third-order valence-corrected chi connectivity index (χ3v) is 4.75. The van der Waals surface area contributed by atoms with Crippen molar-refractivity contribution in [2.45, 2.75) is 25.3 Å². The molecule has 1 aliphatic heterocycles. The standard InChI is InChI=1S/C18H21N4O3/c1-18(17(24)21-10-3-4-11-21,13-5-7-14(25-2)8-6-13)22-12-9-20-16(22)15(19)23/h5-8,12H,3-4,10-11H2,1-2H3,(H2,19,23). The number of nitrogens with two attached hydrogens (primary N) is 1. The van der Waals surface area contributed by atoms with Crippen LogP contribution in [-0.2, 0) is 10.3 Å². The van der Waals surface area contributed by atoms with E-state index in [0.717, 1.165) is 18.4 Å². The molecule has 1 atom stereocenters. The first-order valence-electron chi connectivity index (χ1n) is 8.18. The van der Waals surface area contributed by atoms with Gasteiger partial charge in [0.25, 0.3) is 11.8 Å². The van der Waals surface area contributed by atoms with Gasteiger partial charge in [-0.05, 0) is 37.5 Å². The fraction of sp³-hybridized carbons (Fsp3) is 0.389. The third kappa shape index (κ3) is 2.86. The minimum absolute atomic E-state index is 0.00543. The van der Waals surface area contributed by atoms with Crippen LogP contribution in [0.3, 0.4) is 0 Å². The van der Waals surface area contributed by atoms with E-state index in [4.69, 9.17) is 10.5 Å². The highest BCUT2D eigenvalue weighted by Crippen LogP contribution is 2.32. The van der Waals surface area contributed by atoms with Gasteiger partial charge in [-0.1, -0.05) is 12.1 Å². The van der Waals surface area contributed by atoms with Crippen molar-refractivity contribution in [3.63, 3.8) is 0 Å². The maximum atomic E-state index is 13.4. The lowest BCUT2D eigenvalue weighted by Crippen LogP contribution is -2.49. The lowest BCUT2D eigenvalue weighted by molar-refractivity contribution is -0.137. The highest BCUT2D eigenvalue weighted by molar-refractivity contribution is 5.93. The molecule has 1 unspecified atom stereocenters. The van der Waals surface area contributed by atoms with Crippen LogP contribution in [-0.4, -0.2) is 46.5 Å². The summed E-state index contributed by atoms with van der Waals surface area (Å²) in [4.78, 5) is 30.9. The van der Waals surface area contributed by atoms with E-state index in [1.807, 2.05) is 17.0 Å². The smallest absolute Gasteiger partial charge is 0.284 e. The second kappa shape index (κ2) is 6.58. The van der Waals surface area contributed by atoms with Crippen molar-refractivity contribution in [3.05, 3.63) is 48.0 Å². The van der Waals surface area contributed by atoms with Crippen molar-refractivity contribution < 1.29 is 14.3 Å². The Balaban J connectivity index is 2.14. The molecule has 1 aromatic heterocycles. The Bertz CT molecular complexity index is 778. The zero-order chi connectivity index (χ0) is 18.0. The minimum Gasteiger partial charge on any atom is -0.497 e. The number of hydrogen-bond acceptors (Lipinski definition) is 4. The molecule has 0 saturated carbocycles. The van der Waals surface area contributed by atoms with Crippen LogP contribution in [0.5, 0.6) is 5.75 Å². The summed E-state index contributed by atoms with van der Waals surface area (Å²) < 4.78 is 6.71. The summed E-state index contributed by atoms with van der Waals surface area (Å²) in [7, 11) is 1.58. The first-order chi connectivity index (χ1) is 12.0. The quantitative estimate of drug-likeness (QED) is 0.884. The molecule has 7 heteroatoms. The van der Waals surface area contributed by atoms with Gasteiger partial charge in [0.2, 0.25) is 5.82 Å². The molecule has 1 aliphatic rings. The fourth-order valence-electron chi connectivity index (χ4n) is 3.29. The van der Waals surface area contributed by atoms with E-state index in [-0.39, 0.29) is 11.7 Å². The third-order valence-electron chi connectivity index (χ3n) is 4.75. The van der Waals surface area contributed by atoms with E-state index in [1.54, 1.807) is 26.2 Å². The van der Waals surface area contributed by atoms with Gasteiger partial charge in [-0.15, -0.1) is 0 Å². The predicted octanol–water partition coefficient (Wildman–Crippen LogP) is 1.18. The average Bonchev–Trinajstić information content (AvgIpc) is 3.32. The van der Waals surface area contributed by atoms with Crippen LogP contribution >= 0.6 is 0 Å². The first kappa shape index (κ1) is 17.0. The molecule has 0 aliphatic carbocycles. The molecule has 1 fully saturated rings. The zero-order valence-electron chi connectivity index (χ0n) is 14.4. The van der Waals surface area contributed by atoms with Crippen molar-refractivity contribution in [1.82, 2.24) is 14.5 Å². The van der Waals surface area contributed by atoms with E-state index in [9.17, 15) is 9.59 Å². The minimum atomic E-state index is -1.14. The van der Waals surface area contributed by atoms with E-state index in [1.165, 1.54) is 10.8 Å². The number of amides is 2. The molecule has 2 aromatic rings. The molecular formula is C18H21N4O3. The van der Waals surface area contributed by atoms with Gasteiger partial charge in [0, 0.05) is 19.3 Å². The molecule has 25 heavy (non-hydrogen) atoms. The van der Waals surface area contributed by atoms with Crippen molar-refractivity contribution in [2.24, 2.45) is 5.73 Å². The molecule has 0 spiro atoms. The summed E-state index contributed by atoms with van der Waals surface area (Å²) >= 11 is 0. The number of primary amides is 1. The normalized spacial score (nSPS) is 16.5. The summed E-state index contributed by atoms with van der Waals surface area (Å²) in [6, 6.07) is 7.21. The topological polar surface area (TPSA) is 90.4 Å². The van der Waals surface area contributed by atoms with Crippen molar-refractivity contribution in [1.29, 1.82) is 0 Å². The van der Waals surface area contributed by atoms with Crippen LogP contribution in [0.25, 0.3) is 0 Å². The highest BCUT2D eigenvalue weighted by atomic mass is 16.5. The number of carbonyl (C=O) groups is 2. The Morgan fingerprint density at radius 1 is 1.24 bits per heavy atom. The predicted molar refractivity (Wildman–Crippen MR) is 91.1 cm³/mol. The number of rotatable bonds is 5. The molecule has 7 nitrogen and oxygen atoms in total. The summed E-state index contributed by atoms with van der Waals surface area (Å²) in [5.74, 6) is -0.0998. The summed E-state index contributed by atoms with van der Waals surface area (Å²) in [6.45, 7) is 3.18. The molecule has 3 rings (SSSR count). The van der Waals surface area contributed by atoms with Gasteiger partial charge in [0.1, 0.15) is 17.5 Å². The van der Waals surface area contributed by atoms with E-state index < -0.39 is 11.4 Å². The van der Waals surface area contributed by atoms with Gasteiger partial charge in [-0.25, -0.2) is 4.98 Å². The van der Waals surface area contributed by atoms with Crippen molar-refractivity contribution in [3.8, 4) is 5.75 Å². The molecule has 2 amide bonds. The van der Waals surface area contributed by atoms with Crippen molar-refractivity contribution in [2.75, 3.05) is 20.2 Å². The Hall–Kier alpha value is -2.83. The summed E-state index contributed by atoms with van der Waals surface area (Å²) in [5, 5.41) is 0. The number of hydrogen-bond donors (Lipinski definition) is 1. The largest absolute Gasteiger partial charge is 0.497 e. The van der Waals surface area contributed by atoms with Gasteiger partial charge < -0.3 is 19.9 Å². The first-order valence-corrected chi connectivity index (χ1v) is 8.18. The van der Waals surface area contributed by atoms with Crippen molar-refractivity contribution >= 4 is 11.8 Å². The maximum Gasteiger partial charge on any atom is 0.284 e. The number of benzene rings is 1. The Morgan fingerprint density at radius 2 is 1.88 bits per heavy atom. The SMILES string of the molecule is COc1ccc(C(C)(C(=O)N2CCCC2)n2c[c]nc2C(N)=O)cc1. The van der Waals surface area contributed by atoms with Gasteiger partial charge in [0.05, 0.1) is 7.11 Å². The molecular weight excluding hydrogens is 320 g/mol. The summed E-state index contributed by atoms with van der Waals surface area (Å²) in [5.41, 5.74) is 5.02. The number of ether oxygens (including phenoxy) is 1. The van der Waals surface area contributed by atoms with E-state index >= 15 is 0 Å². The van der Waals surface area contributed by atoms with Crippen LogP contribution in [0, 0.1) is 6.20 Å². The zero-order valence-corrected chi connectivity index (χ0v) is 14.4. The molecule has 0 bridgehead atoms. The molecule has 1 saturated heterocycles. The lowest BCUT2D eigenvalue weighted by atomic mass is 9.89. The molecule has 1 radical (unpaired) electrons. The van der Waals surface area contributed by atoms with Crippen LogP contribution in [0.2, 0.25) is 0 Å². The Kier molecular flexibility index (Phi) is 4.48. The second-order valence-corrected chi connectivity index (χ2v) is 6.23. The van der Waals surface area contributed by atoms with Crippen LogP contribution in [0.15, 0.2) is 30.5 Å². The van der Waals surface area contributed by atoms with Gasteiger partial charge in [-0.3, -0.25) is 9.59 Å². The lowest BCUT2D eigenvalue weighted by Gasteiger charge is -2.35. The van der Waals surface area contributed by atoms with Gasteiger partial charge in [0.15, 0.2) is 0 Å². The fourth-order valence-corrected chi connectivity index (χ4v) is 3.29. The number of likely N-dealkylation sites (tertiary alicyclic amines) is 1. The van der Waals surface area contributed by atoms with E-state index in [0.29, 0.717) is 18.8 Å². The van der Waals surface area contributed by atoms with Crippen LogP contribution < -0.4 is 10.5 Å². The Labute approximate surface area is 146 Å². The number of nitrogens with zero attached hydrogens (tertiary/aromatic N) is 3. The number of methoxy groups -OCH3 is 1. The van der Waals surface area contributed by atoms with Crippen LogP contribution in [0.4, 0.5) is 0 Å². The highest BCUT2D eigenvalue weighted by Gasteiger charge is 2.42. The molecule has 2 N–H and O–H groups in total. The van der Waals surface area contributed by atoms with Gasteiger partial charge in [-0.2, -0.15) is 0 Å². The summed E-state index contributed by atoms with van der Waals surface area (Å²) in [6.07, 6.45) is 6.09. The maximum absolute atomic E-state index is 13.4. The number of imidazole rings is 1. The molecule has 131 valence electrons. The molecule has 2 heterocycles. The average molecular weight is 341 g/mol. The number of carbonyl (C=O) groups excluding carboxylic acids is 2. The molecule has 1 aromatic carbocycles. The van der Waals surface area contributed by atoms with E-state index in [2.05, 4.69) is 11.2 Å². The monoisotopic (exact) mass is 341 g/mol. The van der Waals surface area contributed by atoms with Gasteiger partial charge >= 0.3 is 0 Å². The Morgan fingerprint density at radius 3 is 2.44 bits per heavy atom. The van der Waals surface area contributed by atoms with Crippen LogP contribution in [0.1, 0.15) is 35.9 Å². The second-order valence-electron chi connectivity index (χ2n) is 6.23.